The lowest BCUT2D eigenvalue weighted by atomic mass is 10.1. The Kier molecular flexibility index (Phi) is 5.54. The van der Waals surface area contributed by atoms with Gasteiger partial charge in [0.2, 0.25) is 5.91 Å². The first kappa shape index (κ1) is 19.3. The molecule has 1 amide bonds. The lowest BCUT2D eigenvalue weighted by Crippen LogP contribution is -2.51. The maximum atomic E-state index is 12.9. The first-order valence-electron chi connectivity index (χ1n) is 11.3. The van der Waals surface area contributed by atoms with E-state index in [-0.39, 0.29) is 5.91 Å². The van der Waals surface area contributed by atoms with Gasteiger partial charge in [0.15, 0.2) is 0 Å². The molecule has 1 aliphatic heterocycles. The van der Waals surface area contributed by atoms with Crippen molar-refractivity contribution in [3.8, 4) is 5.69 Å². The molecule has 2 aromatic carbocycles. The number of amides is 1. The van der Waals surface area contributed by atoms with Crippen molar-refractivity contribution < 1.29 is 4.79 Å². The minimum atomic E-state index is 0.257. The summed E-state index contributed by atoms with van der Waals surface area (Å²) < 4.78 is 2.20. The van der Waals surface area contributed by atoms with Gasteiger partial charge in [-0.1, -0.05) is 43.2 Å². The third-order valence-electron chi connectivity index (χ3n) is 6.72. The van der Waals surface area contributed by atoms with E-state index in [0.717, 1.165) is 54.8 Å². The summed E-state index contributed by atoms with van der Waals surface area (Å²) in [7, 11) is 0. The van der Waals surface area contributed by atoms with E-state index in [0.29, 0.717) is 12.8 Å². The van der Waals surface area contributed by atoms with Crippen LogP contribution in [0.4, 0.5) is 0 Å². The Morgan fingerprint density at radius 2 is 1.60 bits per heavy atom. The molecule has 156 valence electrons. The molecule has 0 radical (unpaired) electrons. The van der Waals surface area contributed by atoms with E-state index in [9.17, 15) is 4.79 Å². The van der Waals surface area contributed by atoms with Gasteiger partial charge >= 0.3 is 0 Å². The Balaban J connectivity index is 1.27. The Morgan fingerprint density at radius 3 is 2.37 bits per heavy atom. The third kappa shape index (κ3) is 3.86. The summed E-state index contributed by atoms with van der Waals surface area (Å²) in [6.45, 7) is 3.78. The second-order valence-corrected chi connectivity index (χ2v) is 8.54. The second-order valence-electron chi connectivity index (χ2n) is 8.54. The van der Waals surface area contributed by atoms with Crippen molar-refractivity contribution in [3.63, 3.8) is 0 Å². The Bertz CT molecular complexity index is 998. The number of imidazole rings is 1. The van der Waals surface area contributed by atoms with Crippen LogP contribution in [-0.4, -0.2) is 57.5 Å². The number of piperazine rings is 1. The highest BCUT2D eigenvalue weighted by Crippen LogP contribution is 2.25. The van der Waals surface area contributed by atoms with Crippen LogP contribution in [0.5, 0.6) is 0 Å². The van der Waals surface area contributed by atoms with E-state index in [4.69, 9.17) is 4.98 Å². The summed E-state index contributed by atoms with van der Waals surface area (Å²) in [5.41, 5.74) is 3.17. The first-order valence-corrected chi connectivity index (χ1v) is 11.3. The lowest BCUT2D eigenvalue weighted by molar-refractivity contribution is -0.133. The summed E-state index contributed by atoms with van der Waals surface area (Å²) in [5.74, 6) is 1.22. The molecule has 2 heterocycles. The lowest BCUT2D eigenvalue weighted by Gasteiger charge is -2.38. The van der Waals surface area contributed by atoms with E-state index < -0.39 is 0 Å². The van der Waals surface area contributed by atoms with E-state index in [1.807, 2.05) is 36.4 Å². The van der Waals surface area contributed by atoms with E-state index in [2.05, 4.69) is 32.6 Å². The van der Waals surface area contributed by atoms with Crippen molar-refractivity contribution in [2.45, 2.75) is 44.6 Å². The van der Waals surface area contributed by atoms with E-state index >= 15 is 0 Å². The SMILES string of the molecule is O=C(CCc1nc2ccccc2n1-c1ccccc1)N1CCN(C2CCCC2)CC1. The fourth-order valence-corrected chi connectivity index (χ4v) is 5.09. The number of fused-ring (bicyclic) bond motifs is 1. The Hall–Kier alpha value is -2.66. The molecule has 5 rings (SSSR count). The van der Waals surface area contributed by atoms with Crippen LogP contribution in [0.1, 0.15) is 37.9 Å². The Labute approximate surface area is 178 Å². The summed E-state index contributed by atoms with van der Waals surface area (Å²) in [6, 6.07) is 19.3. The van der Waals surface area contributed by atoms with Crippen LogP contribution in [-0.2, 0) is 11.2 Å². The molecule has 5 nitrogen and oxygen atoms in total. The molecule has 0 spiro atoms. The predicted octanol–water partition coefficient (Wildman–Crippen LogP) is 4.04. The molecular formula is C25H30N4O. The number of hydrogen-bond acceptors (Lipinski definition) is 3. The number of rotatable bonds is 5. The molecule has 1 aromatic heterocycles. The van der Waals surface area contributed by atoms with Crippen molar-refractivity contribution in [2.24, 2.45) is 0 Å². The molecule has 2 fully saturated rings. The standard InChI is InChI=1S/C25H30N4O/c30-25(28-18-16-27(17-19-28)20-8-4-5-9-20)15-14-24-26-22-12-6-7-13-23(22)29(24)21-10-2-1-3-11-21/h1-3,6-7,10-13,20H,4-5,8-9,14-19H2. The second kappa shape index (κ2) is 8.60. The van der Waals surface area contributed by atoms with E-state index in [1.54, 1.807) is 0 Å². The van der Waals surface area contributed by atoms with Gasteiger partial charge in [0, 0.05) is 50.7 Å². The number of hydrogen-bond donors (Lipinski definition) is 0. The molecule has 0 unspecified atom stereocenters. The molecule has 0 N–H and O–H groups in total. The van der Waals surface area contributed by atoms with E-state index in [1.165, 1.54) is 25.7 Å². The van der Waals surface area contributed by atoms with Gasteiger partial charge in [-0.3, -0.25) is 14.3 Å². The highest BCUT2D eigenvalue weighted by Gasteiger charge is 2.27. The highest BCUT2D eigenvalue weighted by atomic mass is 16.2. The summed E-state index contributed by atoms with van der Waals surface area (Å²) >= 11 is 0. The predicted molar refractivity (Wildman–Crippen MR) is 120 cm³/mol. The molecule has 1 aliphatic carbocycles. The van der Waals surface area contributed by atoms with Crippen molar-refractivity contribution in [1.82, 2.24) is 19.4 Å². The molecule has 5 heteroatoms. The number of para-hydroxylation sites is 3. The van der Waals surface area contributed by atoms with Crippen molar-refractivity contribution >= 4 is 16.9 Å². The van der Waals surface area contributed by atoms with Gasteiger partial charge in [-0.15, -0.1) is 0 Å². The van der Waals surface area contributed by atoms with Crippen LogP contribution < -0.4 is 0 Å². The third-order valence-corrected chi connectivity index (χ3v) is 6.72. The van der Waals surface area contributed by atoms with Gasteiger partial charge in [0.25, 0.3) is 0 Å². The number of aromatic nitrogens is 2. The molecule has 1 saturated carbocycles. The van der Waals surface area contributed by atoms with Crippen LogP contribution in [0.15, 0.2) is 54.6 Å². The summed E-state index contributed by atoms with van der Waals surface area (Å²) in [6.07, 6.45) is 6.58. The maximum absolute atomic E-state index is 12.9. The molecule has 3 aromatic rings. The average Bonchev–Trinajstić information content (AvgIpc) is 3.46. The molecule has 30 heavy (non-hydrogen) atoms. The molecule has 2 aliphatic rings. The zero-order valence-electron chi connectivity index (χ0n) is 17.5. The van der Waals surface area contributed by atoms with Crippen LogP contribution >= 0.6 is 0 Å². The number of benzene rings is 2. The first-order chi connectivity index (χ1) is 14.8. The molecule has 0 bridgehead atoms. The average molecular weight is 403 g/mol. The monoisotopic (exact) mass is 402 g/mol. The quantitative estimate of drug-likeness (QED) is 0.647. The fraction of sp³-hybridized carbons (Fsp3) is 0.440. The smallest absolute Gasteiger partial charge is 0.223 e. The number of nitrogens with zero attached hydrogens (tertiary/aromatic N) is 4. The zero-order chi connectivity index (χ0) is 20.3. The summed E-state index contributed by atoms with van der Waals surface area (Å²) in [4.78, 5) is 22.4. The van der Waals surface area contributed by atoms with Crippen molar-refractivity contribution in [1.29, 1.82) is 0 Å². The fourth-order valence-electron chi connectivity index (χ4n) is 5.09. The number of aryl methyl sites for hydroxylation is 1. The topological polar surface area (TPSA) is 41.4 Å². The minimum Gasteiger partial charge on any atom is -0.340 e. The van der Waals surface area contributed by atoms with Crippen molar-refractivity contribution in [2.75, 3.05) is 26.2 Å². The summed E-state index contributed by atoms with van der Waals surface area (Å²) in [5, 5.41) is 0. The Morgan fingerprint density at radius 1 is 0.900 bits per heavy atom. The van der Waals surface area contributed by atoms with Crippen LogP contribution in [0.2, 0.25) is 0 Å². The molecule has 0 atom stereocenters. The number of carbonyl (C=O) groups excluding carboxylic acids is 1. The normalized spacial score (nSPS) is 18.3. The van der Waals surface area contributed by atoms with Crippen LogP contribution in [0.25, 0.3) is 16.7 Å². The van der Waals surface area contributed by atoms with Crippen LogP contribution in [0, 0.1) is 0 Å². The van der Waals surface area contributed by atoms with Gasteiger partial charge in [-0.25, -0.2) is 4.98 Å². The molecular weight excluding hydrogens is 372 g/mol. The number of carbonyl (C=O) groups is 1. The van der Waals surface area contributed by atoms with Gasteiger partial charge in [0.1, 0.15) is 5.82 Å². The van der Waals surface area contributed by atoms with Gasteiger partial charge < -0.3 is 4.90 Å². The minimum absolute atomic E-state index is 0.257. The molecule has 1 saturated heterocycles. The van der Waals surface area contributed by atoms with Crippen molar-refractivity contribution in [3.05, 3.63) is 60.4 Å². The maximum Gasteiger partial charge on any atom is 0.223 e. The zero-order valence-corrected chi connectivity index (χ0v) is 17.5. The van der Waals surface area contributed by atoms with Crippen LogP contribution in [0.3, 0.4) is 0 Å². The highest BCUT2D eigenvalue weighted by molar-refractivity contribution is 5.79. The van der Waals surface area contributed by atoms with Gasteiger partial charge in [-0.2, -0.15) is 0 Å². The largest absolute Gasteiger partial charge is 0.340 e. The van der Waals surface area contributed by atoms with Gasteiger partial charge in [-0.05, 0) is 37.1 Å². The van der Waals surface area contributed by atoms with Gasteiger partial charge in [0.05, 0.1) is 11.0 Å².